The first kappa shape index (κ1) is 23.8. The van der Waals surface area contributed by atoms with Gasteiger partial charge < -0.3 is 0 Å². The predicted octanol–water partition coefficient (Wildman–Crippen LogP) is 5.13. The van der Waals surface area contributed by atoms with Gasteiger partial charge in [-0.05, 0) is 0 Å². The molecule has 0 saturated heterocycles. The van der Waals surface area contributed by atoms with Crippen molar-refractivity contribution in [2.75, 3.05) is 13.6 Å². The second-order valence-corrected chi connectivity index (χ2v) is 17.6. The molecule has 0 N–H and O–H groups in total. The van der Waals surface area contributed by atoms with E-state index in [1.54, 1.807) is 12.1 Å². The predicted molar refractivity (Wildman–Crippen MR) is 151 cm³/mol. The molecule has 2 heterocycles. The molecule has 0 aliphatic carbocycles. The van der Waals surface area contributed by atoms with Crippen LogP contribution in [0.2, 0.25) is 10.6 Å². The van der Waals surface area contributed by atoms with Crippen LogP contribution in [0.15, 0.2) is 48.5 Å². The maximum Gasteiger partial charge on any atom is 0.261 e. The maximum absolute atomic E-state index is 13.6. The minimum absolute atomic E-state index is 0.222. The van der Waals surface area contributed by atoms with Crippen LogP contribution in [0.4, 0.5) is 0 Å². The van der Waals surface area contributed by atoms with Crippen LogP contribution in [-0.4, -0.2) is 73.3 Å². The van der Waals surface area contributed by atoms with E-state index < -0.39 is 0 Å². The third kappa shape index (κ3) is 3.06. The molecule has 2 aliphatic rings. The molecule has 0 spiro atoms. The van der Waals surface area contributed by atoms with E-state index in [9.17, 15) is 19.2 Å². The first-order valence-corrected chi connectivity index (χ1v) is 19.3. The first-order valence-electron chi connectivity index (χ1n) is 12.6. The molecule has 0 radical (unpaired) electrons. The summed E-state index contributed by atoms with van der Waals surface area (Å²) < 4.78 is 0. The number of nitrogens with zero attached hydrogens (tertiary/aromatic N) is 2. The fourth-order valence-corrected chi connectivity index (χ4v) is 12.6. The molecule has 5 aromatic carbocycles. The summed E-state index contributed by atoms with van der Waals surface area (Å²) in [5.74, 6) is -1.06. The van der Waals surface area contributed by atoms with Crippen molar-refractivity contribution in [2.45, 2.75) is 24.0 Å². The zero-order chi connectivity index (χ0) is 26.3. The Morgan fingerprint density at radius 2 is 0.947 bits per heavy atom. The second-order valence-electron chi connectivity index (χ2n) is 9.72. The summed E-state index contributed by atoms with van der Waals surface area (Å²) >= 11 is 1.09. The molecule has 8 heteroatoms. The molecular formula is C30H22N2O4Se2. The molecule has 38 heavy (non-hydrogen) atoms. The molecule has 0 aromatic heterocycles. The molecule has 0 fully saturated rings. The van der Waals surface area contributed by atoms with Crippen LogP contribution in [0.5, 0.6) is 0 Å². The Morgan fingerprint density at radius 3 is 1.37 bits per heavy atom. The van der Waals surface area contributed by atoms with E-state index in [2.05, 4.69) is 6.92 Å². The number of amides is 4. The van der Waals surface area contributed by atoms with Gasteiger partial charge in [0.15, 0.2) is 0 Å². The second kappa shape index (κ2) is 8.62. The van der Waals surface area contributed by atoms with E-state index in [0.29, 0.717) is 65.8 Å². The van der Waals surface area contributed by atoms with Crippen LogP contribution >= 0.6 is 0 Å². The Kier molecular flexibility index (Phi) is 5.40. The van der Waals surface area contributed by atoms with E-state index >= 15 is 0 Å². The van der Waals surface area contributed by atoms with Crippen molar-refractivity contribution in [3.8, 4) is 0 Å². The summed E-state index contributed by atoms with van der Waals surface area (Å²) in [5.41, 5.74) is 2.15. The van der Waals surface area contributed by atoms with Crippen molar-refractivity contribution in [1.29, 1.82) is 0 Å². The molecule has 2 aliphatic heterocycles. The number of carbonyl (C=O) groups excluding carboxylic acids is 4. The average molecular weight is 632 g/mol. The van der Waals surface area contributed by atoms with Gasteiger partial charge in [-0.1, -0.05) is 0 Å². The Hall–Kier alpha value is -3.28. The first-order chi connectivity index (χ1) is 18.4. The monoisotopic (exact) mass is 634 g/mol. The summed E-state index contributed by atoms with van der Waals surface area (Å²) in [5, 5.41) is 8.93. The Balaban J connectivity index is 1.47. The van der Waals surface area contributed by atoms with Gasteiger partial charge in [-0.2, -0.15) is 0 Å². The summed E-state index contributed by atoms with van der Waals surface area (Å²) in [6.45, 7) is 2.66. The molecular weight excluding hydrogens is 610 g/mol. The Bertz CT molecular complexity index is 1780. The molecule has 0 saturated carbocycles. The van der Waals surface area contributed by atoms with Gasteiger partial charge in [0.2, 0.25) is 0 Å². The fourth-order valence-electron chi connectivity index (χ4n) is 5.97. The largest absolute Gasteiger partial charge is 0.277 e. The molecule has 0 bridgehead atoms. The number of rotatable bonds is 6. The summed E-state index contributed by atoms with van der Waals surface area (Å²) in [4.78, 5) is 55.7. The maximum atomic E-state index is 13.6. The van der Waals surface area contributed by atoms with Crippen molar-refractivity contribution in [2.24, 2.45) is 0 Å². The van der Waals surface area contributed by atoms with Crippen LogP contribution < -0.4 is 0 Å². The topological polar surface area (TPSA) is 74.8 Å². The quantitative estimate of drug-likeness (QED) is 0.0856. The number of imide groups is 2. The van der Waals surface area contributed by atoms with Gasteiger partial charge in [0.25, 0.3) is 11.8 Å². The standard InChI is InChI=1S/C30H22N2O4Se2/c1-3-13-37-38-14-12-32-29(35)21-10-6-17-15-4-8-19-25-20(28(34)31(2)27(19)33)9-5-16(23(15)25)18-7-11-22(30(32)36)26(21)24(17)18/h4-11H,3,12-14H2,1-2H3. The minimum Gasteiger partial charge on any atom is -0.277 e. The van der Waals surface area contributed by atoms with Crippen LogP contribution in [0, 0.1) is 0 Å². The molecule has 4 amide bonds. The normalized spacial score (nSPS) is 15.3. The smallest absolute Gasteiger partial charge is 0.261 e. The van der Waals surface area contributed by atoms with E-state index in [0.717, 1.165) is 42.5 Å². The molecule has 7 rings (SSSR count). The Morgan fingerprint density at radius 1 is 0.553 bits per heavy atom. The van der Waals surface area contributed by atoms with Crippen molar-refractivity contribution < 1.29 is 19.2 Å². The SMILES string of the molecule is CCC[Se][Se]CCN1C(=O)c2ccc3c4ccc5c6c(ccc(c7ccc(c2c37)C1=O)c64)C(=O)N(C)C5=O. The molecule has 0 atom stereocenters. The van der Waals surface area contributed by atoms with Crippen molar-refractivity contribution >= 4 is 93.0 Å². The number of fused-ring (bicyclic) bond motifs is 2. The van der Waals surface area contributed by atoms with E-state index in [1.807, 2.05) is 36.4 Å². The minimum atomic E-state index is -0.309. The van der Waals surface area contributed by atoms with Gasteiger partial charge in [-0.15, -0.1) is 0 Å². The van der Waals surface area contributed by atoms with Crippen LogP contribution in [-0.2, 0) is 0 Å². The fraction of sp³-hybridized carbons (Fsp3) is 0.200. The number of benzene rings is 5. The van der Waals surface area contributed by atoms with E-state index in [4.69, 9.17) is 0 Å². The van der Waals surface area contributed by atoms with Crippen molar-refractivity contribution in [3.63, 3.8) is 0 Å². The molecule has 188 valence electrons. The van der Waals surface area contributed by atoms with Crippen molar-refractivity contribution in [3.05, 3.63) is 70.8 Å². The van der Waals surface area contributed by atoms with Gasteiger partial charge in [-0.25, -0.2) is 0 Å². The van der Waals surface area contributed by atoms with Gasteiger partial charge in [0.05, 0.1) is 0 Å². The van der Waals surface area contributed by atoms with Gasteiger partial charge >= 0.3 is 197 Å². The zero-order valence-corrected chi connectivity index (χ0v) is 24.2. The number of hydrogen-bond acceptors (Lipinski definition) is 4. The van der Waals surface area contributed by atoms with Gasteiger partial charge in [0.1, 0.15) is 0 Å². The van der Waals surface area contributed by atoms with Crippen LogP contribution in [0.25, 0.3) is 43.1 Å². The average Bonchev–Trinajstić information content (AvgIpc) is 2.94. The molecule has 0 unspecified atom stereocenters. The summed E-state index contributed by atoms with van der Waals surface area (Å²) in [6.07, 6.45) is 1.19. The summed E-state index contributed by atoms with van der Waals surface area (Å²) in [7, 11) is 1.51. The van der Waals surface area contributed by atoms with Gasteiger partial charge in [0, 0.05) is 7.05 Å². The molecule has 5 aromatic rings. The Labute approximate surface area is 229 Å². The molecule has 6 nitrogen and oxygen atoms in total. The summed E-state index contributed by atoms with van der Waals surface area (Å²) in [6, 6.07) is 15.0. The third-order valence-corrected chi connectivity index (χ3v) is 15.4. The van der Waals surface area contributed by atoms with Crippen LogP contribution in [0.3, 0.4) is 0 Å². The zero-order valence-electron chi connectivity index (χ0n) is 20.8. The number of carbonyl (C=O) groups is 4. The third-order valence-electron chi connectivity index (χ3n) is 7.69. The van der Waals surface area contributed by atoms with E-state index in [1.165, 1.54) is 23.7 Å². The number of hydrogen-bond donors (Lipinski definition) is 0. The van der Waals surface area contributed by atoms with Crippen molar-refractivity contribution in [1.82, 2.24) is 9.80 Å². The van der Waals surface area contributed by atoms with Gasteiger partial charge in [-0.3, -0.25) is 14.5 Å². The van der Waals surface area contributed by atoms with E-state index in [-0.39, 0.29) is 23.6 Å². The van der Waals surface area contributed by atoms with Crippen LogP contribution in [0.1, 0.15) is 54.8 Å².